The first-order chi connectivity index (χ1) is 9.95. The highest BCUT2D eigenvalue weighted by molar-refractivity contribution is 5.81. The number of hydrogen-bond acceptors (Lipinski definition) is 5. The molecule has 0 aromatic heterocycles. The van der Waals surface area contributed by atoms with Crippen molar-refractivity contribution >= 4 is 17.3 Å². The van der Waals surface area contributed by atoms with E-state index in [1.165, 1.54) is 6.07 Å². The Morgan fingerprint density at radius 1 is 1.48 bits per heavy atom. The van der Waals surface area contributed by atoms with Crippen LogP contribution in [0.5, 0.6) is 5.75 Å². The van der Waals surface area contributed by atoms with Crippen LogP contribution in [0.2, 0.25) is 0 Å². The van der Waals surface area contributed by atoms with E-state index in [-0.39, 0.29) is 30.0 Å². The molecule has 7 nitrogen and oxygen atoms in total. The van der Waals surface area contributed by atoms with E-state index >= 15 is 0 Å². The average Bonchev–Trinajstić information content (AvgIpc) is 3.19. The zero-order chi connectivity index (χ0) is 15.4. The molecule has 1 aliphatic carbocycles. The van der Waals surface area contributed by atoms with Gasteiger partial charge >= 0.3 is 5.69 Å². The number of nitrogens with one attached hydrogen (secondary N) is 2. The highest BCUT2D eigenvalue weighted by Crippen LogP contribution is 2.30. The fourth-order valence-corrected chi connectivity index (χ4v) is 1.81. The molecule has 0 spiro atoms. The Bertz CT molecular complexity index is 541. The van der Waals surface area contributed by atoms with Crippen molar-refractivity contribution in [3.63, 3.8) is 0 Å². The van der Waals surface area contributed by atoms with Crippen molar-refractivity contribution < 1.29 is 14.5 Å². The lowest BCUT2D eigenvalue weighted by Gasteiger charge is -2.12. The normalized spacial score (nSPS) is 13.9. The van der Waals surface area contributed by atoms with Crippen LogP contribution < -0.4 is 15.4 Å². The van der Waals surface area contributed by atoms with Gasteiger partial charge in [0.1, 0.15) is 0 Å². The summed E-state index contributed by atoms with van der Waals surface area (Å²) in [4.78, 5) is 22.1. The summed E-state index contributed by atoms with van der Waals surface area (Å²) in [5.41, 5.74) is 0.527. The zero-order valence-corrected chi connectivity index (χ0v) is 12.1. The number of nitro groups is 1. The maximum absolute atomic E-state index is 11.6. The number of nitro benzene ring substituents is 1. The fourth-order valence-electron chi connectivity index (χ4n) is 1.81. The molecule has 0 atom stereocenters. The maximum atomic E-state index is 11.6. The minimum absolute atomic E-state index is 0.0813. The Balaban J connectivity index is 2.01. The van der Waals surface area contributed by atoms with Gasteiger partial charge in [0.25, 0.3) is 0 Å². The third kappa shape index (κ3) is 4.62. The minimum atomic E-state index is -0.485. The molecule has 1 saturated carbocycles. The predicted molar refractivity (Wildman–Crippen MR) is 78.5 cm³/mol. The quantitative estimate of drug-likeness (QED) is 0.593. The molecule has 0 unspecified atom stereocenters. The van der Waals surface area contributed by atoms with E-state index in [2.05, 4.69) is 10.6 Å². The Morgan fingerprint density at radius 3 is 2.76 bits per heavy atom. The predicted octanol–water partition coefficient (Wildman–Crippen LogP) is 2.07. The van der Waals surface area contributed by atoms with Gasteiger partial charge < -0.3 is 15.4 Å². The minimum Gasteiger partial charge on any atom is -0.484 e. The third-order valence-electron chi connectivity index (χ3n) is 2.91. The van der Waals surface area contributed by atoms with E-state index in [9.17, 15) is 14.9 Å². The Kier molecular flexibility index (Phi) is 4.62. The molecule has 2 rings (SSSR count). The van der Waals surface area contributed by atoms with E-state index in [1.807, 2.05) is 0 Å². The highest BCUT2D eigenvalue weighted by Gasteiger charge is 2.23. The number of carbonyl (C=O) groups is 1. The molecule has 0 bridgehead atoms. The summed E-state index contributed by atoms with van der Waals surface area (Å²) in [6, 6.07) is 4.80. The van der Waals surface area contributed by atoms with Crippen LogP contribution in [0.3, 0.4) is 0 Å². The zero-order valence-electron chi connectivity index (χ0n) is 12.1. The lowest BCUT2D eigenvalue weighted by Crippen LogP contribution is -2.31. The van der Waals surface area contributed by atoms with Gasteiger partial charge in [0.05, 0.1) is 17.6 Å². The second kappa shape index (κ2) is 6.43. The molecule has 1 aromatic rings. The van der Waals surface area contributed by atoms with E-state index in [4.69, 9.17) is 4.74 Å². The smallest absolute Gasteiger partial charge is 0.311 e. The molecule has 1 amide bonds. The Morgan fingerprint density at radius 2 is 2.19 bits per heavy atom. The first-order valence-electron chi connectivity index (χ1n) is 6.94. The lowest BCUT2D eigenvalue weighted by atomic mass is 10.2. The second-order valence-electron chi connectivity index (χ2n) is 5.30. The van der Waals surface area contributed by atoms with Gasteiger partial charge in [-0.3, -0.25) is 14.9 Å². The number of benzene rings is 1. The van der Waals surface area contributed by atoms with Gasteiger partial charge in [0, 0.05) is 23.9 Å². The number of hydrogen-bond donors (Lipinski definition) is 2. The van der Waals surface area contributed by atoms with E-state index in [0.717, 1.165) is 12.8 Å². The van der Waals surface area contributed by atoms with Crippen molar-refractivity contribution in [2.24, 2.45) is 0 Å². The van der Waals surface area contributed by atoms with Crippen molar-refractivity contribution in [1.82, 2.24) is 5.32 Å². The van der Waals surface area contributed by atoms with Gasteiger partial charge in [0.2, 0.25) is 5.91 Å². The molecule has 2 N–H and O–H groups in total. The SMILES string of the molecule is CC(C)Oc1cc(NCC(=O)NC2CC2)ccc1[N+](=O)[O-]. The number of carbonyl (C=O) groups excluding carboxylic acids is 1. The summed E-state index contributed by atoms with van der Waals surface area (Å²) in [7, 11) is 0. The number of nitrogens with zero attached hydrogens (tertiary/aromatic N) is 1. The number of anilines is 1. The van der Waals surface area contributed by atoms with Crippen LogP contribution in [-0.2, 0) is 4.79 Å². The summed E-state index contributed by atoms with van der Waals surface area (Å²) in [5, 5.41) is 16.8. The van der Waals surface area contributed by atoms with Crippen molar-refractivity contribution in [2.75, 3.05) is 11.9 Å². The van der Waals surface area contributed by atoms with Crippen LogP contribution in [0.25, 0.3) is 0 Å². The fraction of sp³-hybridized carbons (Fsp3) is 0.500. The molecular weight excluding hydrogens is 274 g/mol. The molecular formula is C14H19N3O4. The summed E-state index contributed by atoms with van der Waals surface area (Å²) in [6.45, 7) is 3.73. The van der Waals surface area contributed by atoms with E-state index in [1.54, 1.807) is 26.0 Å². The molecule has 21 heavy (non-hydrogen) atoms. The summed E-state index contributed by atoms with van der Waals surface area (Å²) >= 11 is 0. The van der Waals surface area contributed by atoms with Gasteiger partial charge in [0.15, 0.2) is 5.75 Å². The number of amides is 1. The van der Waals surface area contributed by atoms with Crippen LogP contribution in [0.1, 0.15) is 26.7 Å². The maximum Gasteiger partial charge on any atom is 0.311 e. The molecule has 1 fully saturated rings. The summed E-state index contributed by atoms with van der Waals surface area (Å²) in [5.74, 6) is 0.116. The van der Waals surface area contributed by atoms with Crippen LogP contribution >= 0.6 is 0 Å². The van der Waals surface area contributed by atoms with Crippen LogP contribution in [0, 0.1) is 10.1 Å². The monoisotopic (exact) mass is 293 g/mol. The van der Waals surface area contributed by atoms with Gasteiger partial charge in [-0.25, -0.2) is 0 Å². The van der Waals surface area contributed by atoms with Crippen LogP contribution in [-0.4, -0.2) is 29.5 Å². The molecule has 0 aliphatic heterocycles. The molecule has 1 aromatic carbocycles. The number of ether oxygens (including phenoxy) is 1. The first kappa shape index (κ1) is 15.1. The first-order valence-corrected chi connectivity index (χ1v) is 6.94. The van der Waals surface area contributed by atoms with E-state index in [0.29, 0.717) is 11.7 Å². The third-order valence-corrected chi connectivity index (χ3v) is 2.91. The number of rotatable bonds is 7. The molecule has 0 saturated heterocycles. The Labute approximate surface area is 122 Å². The largest absolute Gasteiger partial charge is 0.484 e. The van der Waals surface area contributed by atoms with Gasteiger partial charge in [-0.1, -0.05) is 0 Å². The van der Waals surface area contributed by atoms with Gasteiger partial charge in [-0.2, -0.15) is 0 Å². The van der Waals surface area contributed by atoms with Crippen LogP contribution in [0.4, 0.5) is 11.4 Å². The van der Waals surface area contributed by atoms with Crippen molar-refractivity contribution in [1.29, 1.82) is 0 Å². The lowest BCUT2D eigenvalue weighted by molar-refractivity contribution is -0.386. The van der Waals surface area contributed by atoms with Gasteiger partial charge in [-0.05, 0) is 32.8 Å². The van der Waals surface area contributed by atoms with Crippen LogP contribution in [0.15, 0.2) is 18.2 Å². The Hall–Kier alpha value is -2.31. The average molecular weight is 293 g/mol. The van der Waals surface area contributed by atoms with E-state index < -0.39 is 4.92 Å². The second-order valence-corrected chi connectivity index (χ2v) is 5.30. The van der Waals surface area contributed by atoms with Crippen molar-refractivity contribution in [3.05, 3.63) is 28.3 Å². The topological polar surface area (TPSA) is 93.5 Å². The standard InChI is InChI=1S/C14H19N3O4/c1-9(2)21-13-7-11(5-6-12(13)17(19)20)15-8-14(18)16-10-3-4-10/h5-7,9-10,15H,3-4,8H2,1-2H3,(H,16,18). The highest BCUT2D eigenvalue weighted by atomic mass is 16.6. The summed E-state index contributed by atoms with van der Waals surface area (Å²) < 4.78 is 5.45. The molecule has 0 radical (unpaired) electrons. The molecule has 7 heteroatoms. The van der Waals surface area contributed by atoms with Gasteiger partial charge in [-0.15, -0.1) is 0 Å². The molecule has 1 aliphatic rings. The molecule has 0 heterocycles. The van der Waals surface area contributed by atoms with Crippen molar-refractivity contribution in [2.45, 2.75) is 38.8 Å². The van der Waals surface area contributed by atoms with Crippen molar-refractivity contribution in [3.8, 4) is 5.75 Å². The summed E-state index contributed by atoms with van der Waals surface area (Å²) in [6.07, 6.45) is 1.91. The molecule has 114 valence electrons.